The summed E-state index contributed by atoms with van der Waals surface area (Å²) in [7, 11) is -1.83. The molecule has 2 aromatic carbocycles. The molecule has 0 saturated heterocycles. The molecule has 4 heteroatoms. The zero-order valence-corrected chi connectivity index (χ0v) is 22.8. The van der Waals surface area contributed by atoms with Gasteiger partial charge in [-0.3, -0.25) is 0 Å². The van der Waals surface area contributed by atoms with Crippen LogP contribution < -0.4 is 9.05 Å². The highest BCUT2D eigenvalue weighted by atomic mass is 31.1. The summed E-state index contributed by atoms with van der Waals surface area (Å²) in [5.41, 5.74) is 8.07. The Morgan fingerprint density at radius 3 is 1.50 bits per heavy atom. The van der Waals surface area contributed by atoms with Gasteiger partial charge < -0.3 is 9.05 Å². The lowest BCUT2D eigenvalue weighted by Crippen LogP contribution is -2.23. The van der Waals surface area contributed by atoms with Gasteiger partial charge in [0.2, 0.25) is 0 Å². The van der Waals surface area contributed by atoms with Gasteiger partial charge >= 0.3 is 0 Å². The van der Waals surface area contributed by atoms with Crippen molar-refractivity contribution in [1.82, 2.24) is 0 Å². The van der Waals surface area contributed by atoms with Gasteiger partial charge in [0.15, 0.2) is 0 Å². The molecule has 0 aliphatic carbocycles. The molecule has 0 amide bonds. The molecule has 34 heavy (non-hydrogen) atoms. The quantitative estimate of drug-likeness (QED) is 0.286. The molecular weight excluding hydrogens is 454 g/mol. The molecule has 2 unspecified atom stereocenters. The monoisotopic (exact) mass is 488 g/mol. The van der Waals surface area contributed by atoms with Gasteiger partial charge in [0.1, 0.15) is 0 Å². The number of rotatable bonds is 3. The SMILES string of the molecule is CC[C@H]1C[C@H](C)Op2c(-c3ccccc3)c(C)c(C)c2-c2c(C)c(C)c(-c3ccccc3)p2O1. The molecular formula is C30H34O2P2. The molecule has 0 spiro atoms. The van der Waals surface area contributed by atoms with Crippen LogP contribution in [0.25, 0.3) is 32.3 Å². The van der Waals surface area contributed by atoms with E-state index in [-0.39, 0.29) is 12.2 Å². The molecule has 0 saturated carbocycles. The first-order valence-corrected chi connectivity index (χ1v) is 14.8. The van der Waals surface area contributed by atoms with Crippen molar-refractivity contribution in [2.75, 3.05) is 0 Å². The van der Waals surface area contributed by atoms with E-state index in [2.05, 4.69) is 102 Å². The average Bonchev–Trinajstić information content (AvgIpc) is 3.24. The molecule has 2 nitrogen and oxygen atoms in total. The molecule has 0 radical (unpaired) electrons. The highest BCUT2D eigenvalue weighted by Gasteiger charge is 2.33. The van der Waals surface area contributed by atoms with E-state index in [4.69, 9.17) is 9.05 Å². The summed E-state index contributed by atoms with van der Waals surface area (Å²) in [6, 6.07) is 21.7. The minimum atomic E-state index is -0.917. The molecule has 5 rings (SSSR count). The third kappa shape index (κ3) is 3.92. The van der Waals surface area contributed by atoms with Crippen LogP contribution in [0.5, 0.6) is 0 Å². The molecule has 3 heterocycles. The molecule has 0 N–H and O–H groups in total. The van der Waals surface area contributed by atoms with E-state index in [0.717, 1.165) is 12.8 Å². The fourth-order valence-electron chi connectivity index (χ4n) is 5.19. The van der Waals surface area contributed by atoms with Crippen LogP contribution in [0.3, 0.4) is 0 Å². The van der Waals surface area contributed by atoms with Crippen LogP contribution in [-0.2, 0) is 0 Å². The van der Waals surface area contributed by atoms with Crippen molar-refractivity contribution in [3.8, 4) is 32.3 Å². The highest BCUT2D eigenvalue weighted by molar-refractivity contribution is 7.57. The van der Waals surface area contributed by atoms with Crippen molar-refractivity contribution in [3.05, 3.63) is 82.9 Å². The first-order valence-electron chi connectivity index (χ1n) is 12.3. The Balaban J connectivity index is 1.87. The van der Waals surface area contributed by atoms with Crippen molar-refractivity contribution in [2.45, 2.75) is 66.6 Å². The van der Waals surface area contributed by atoms with E-state index >= 15 is 0 Å². The number of fused-ring (bicyclic) bond motifs is 3. The molecule has 176 valence electrons. The van der Waals surface area contributed by atoms with Gasteiger partial charge in [-0.25, -0.2) is 0 Å². The Morgan fingerprint density at radius 2 is 1.06 bits per heavy atom. The fourth-order valence-corrected chi connectivity index (χ4v) is 11.0. The van der Waals surface area contributed by atoms with Crippen LogP contribution in [0.1, 0.15) is 48.9 Å². The predicted molar refractivity (Wildman–Crippen MR) is 148 cm³/mol. The van der Waals surface area contributed by atoms with Crippen molar-refractivity contribution in [1.29, 1.82) is 0 Å². The summed E-state index contributed by atoms with van der Waals surface area (Å²) in [6.07, 6.45) is 2.25. The minimum absolute atomic E-state index is 0.143. The minimum Gasteiger partial charge on any atom is -0.328 e. The maximum absolute atomic E-state index is 7.08. The Hall–Kier alpha value is -2.08. The van der Waals surface area contributed by atoms with Crippen LogP contribution in [0, 0.1) is 27.7 Å². The average molecular weight is 489 g/mol. The topological polar surface area (TPSA) is 18.5 Å². The van der Waals surface area contributed by atoms with Crippen molar-refractivity contribution in [3.63, 3.8) is 0 Å². The largest absolute Gasteiger partial charge is 0.328 e. The summed E-state index contributed by atoms with van der Waals surface area (Å²) in [5.74, 6) is 0. The Labute approximate surface area is 206 Å². The van der Waals surface area contributed by atoms with Crippen LogP contribution >= 0.6 is 15.5 Å². The Morgan fingerprint density at radius 1 is 0.647 bits per heavy atom. The fraction of sp³-hybridized carbons (Fsp3) is 0.333. The van der Waals surface area contributed by atoms with Crippen molar-refractivity contribution in [2.24, 2.45) is 0 Å². The van der Waals surface area contributed by atoms with E-state index in [1.54, 1.807) is 0 Å². The maximum Gasteiger partial charge on any atom is 0.0701 e. The van der Waals surface area contributed by atoms with Crippen LogP contribution in [-0.4, -0.2) is 12.2 Å². The molecule has 1 aliphatic rings. The lowest BCUT2D eigenvalue weighted by atomic mass is 10.0. The van der Waals surface area contributed by atoms with Crippen molar-refractivity contribution < 1.29 is 9.05 Å². The van der Waals surface area contributed by atoms with Gasteiger partial charge in [0, 0.05) is 43.1 Å². The normalized spacial score (nSPS) is 19.1. The Bertz CT molecular complexity index is 1320. The first kappa shape index (κ1) is 23.7. The van der Waals surface area contributed by atoms with Crippen LogP contribution in [0.4, 0.5) is 0 Å². The second-order valence-electron chi connectivity index (χ2n) is 9.50. The van der Waals surface area contributed by atoms with E-state index in [1.165, 1.54) is 54.6 Å². The van der Waals surface area contributed by atoms with E-state index in [1.807, 2.05) is 0 Å². The van der Waals surface area contributed by atoms with Crippen LogP contribution in [0.2, 0.25) is 0 Å². The number of hydrogen-bond acceptors (Lipinski definition) is 2. The molecule has 0 fully saturated rings. The summed E-state index contributed by atoms with van der Waals surface area (Å²) in [4.78, 5) is 0. The zero-order valence-electron chi connectivity index (χ0n) is 21.1. The zero-order chi connectivity index (χ0) is 24.0. The molecule has 1 aliphatic heterocycles. The number of benzene rings is 2. The van der Waals surface area contributed by atoms with Gasteiger partial charge in [0.05, 0.1) is 12.2 Å². The van der Waals surface area contributed by atoms with Crippen LogP contribution in [0.15, 0.2) is 60.7 Å². The third-order valence-corrected chi connectivity index (χ3v) is 12.5. The first-order chi connectivity index (χ1) is 16.4. The second-order valence-corrected chi connectivity index (χ2v) is 12.9. The van der Waals surface area contributed by atoms with Gasteiger partial charge in [0.25, 0.3) is 0 Å². The van der Waals surface area contributed by atoms with Crippen molar-refractivity contribution >= 4 is 15.5 Å². The Kier molecular flexibility index (Phi) is 6.62. The predicted octanol–water partition coefficient (Wildman–Crippen LogP) is 9.32. The van der Waals surface area contributed by atoms with E-state index in [0.29, 0.717) is 0 Å². The summed E-state index contributed by atoms with van der Waals surface area (Å²) in [6.45, 7) is 13.6. The maximum atomic E-state index is 7.08. The molecule has 4 atom stereocenters. The van der Waals surface area contributed by atoms with Gasteiger partial charge in [-0.2, -0.15) is 0 Å². The lowest BCUT2D eigenvalue weighted by molar-refractivity contribution is 0.189. The summed E-state index contributed by atoms with van der Waals surface area (Å²) < 4.78 is 14.1. The third-order valence-electron chi connectivity index (χ3n) is 7.27. The highest BCUT2D eigenvalue weighted by Crippen LogP contribution is 2.63. The van der Waals surface area contributed by atoms with Gasteiger partial charge in [-0.1, -0.05) is 67.6 Å². The second kappa shape index (κ2) is 9.52. The summed E-state index contributed by atoms with van der Waals surface area (Å²) in [5, 5.41) is 5.58. The summed E-state index contributed by atoms with van der Waals surface area (Å²) >= 11 is 0. The van der Waals surface area contributed by atoms with Gasteiger partial charge in [-0.05, 0) is 74.4 Å². The number of hydrogen-bond donors (Lipinski definition) is 0. The van der Waals surface area contributed by atoms with E-state index in [9.17, 15) is 0 Å². The molecule has 0 bridgehead atoms. The van der Waals surface area contributed by atoms with Gasteiger partial charge in [-0.15, -0.1) is 0 Å². The smallest absolute Gasteiger partial charge is 0.0701 e. The molecule has 4 aromatic rings. The lowest BCUT2D eigenvalue weighted by Gasteiger charge is -2.21. The standard InChI is InChI=1S/C30H34O2P2/c1-7-26-18-19(2)31-33-27(24-14-10-8-11-15-24)20(3)22(5)29(33)30-23(6)21(4)28(34(30)32-26)25-16-12-9-13-17-25/h8-17,19,26H,7,18H2,1-6H3/t19-,26-,33?,34?/m0/s1. The van der Waals surface area contributed by atoms with E-state index < -0.39 is 15.5 Å². The molecule has 2 aromatic heterocycles.